The van der Waals surface area contributed by atoms with Gasteiger partial charge in [0.25, 0.3) is 0 Å². The van der Waals surface area contributed by atoms with Gasteiger partial charge in [0.2, 0.25) is 0 Å². The van der Waals surface area contributed by atoms with Crippen molar-refractivity contribution < 1.29 is 14.3 Å². The number of aromatic nitrogens is 2. The molecular formula is C10H12N2O3. The van der Waals surface area contributed by atoms with Crippen LogP contribution in [0.15, 0.2) is 18.6 Å². The monoisotopic (exact) mass is 208 g/mol. The van der Waals surface area contributed by atoms with Gasteiger partial charge in [-0.15, -0.1) is 0 Å². The van der Waals surface area contributed by atoms with Gasteiger partial charge in [0.15, 0.2) is 5.78 Å². The van der Waals surface area contributed by atoms with Crippen molar-refractivity contribution in [3.63, 3.8) is 0 Å². The fourth-order valence-corrected chi connectivity index (χ4v) is 1.21. The number of hydrogen-bond acceptors (Lipinski definition) is 5. The van der Waals surface area contributed by atoms with Crippen LogP contribution in [0.25, 0.3) is 0 Å². The first kappa shape index (κ1) is 11.3. The minimum absolute atomic E-state index is 0.190. The van der Waals surface area contributed by atoms with Gasteiger partial charge in [-0.3, -0.25) is 14.6 Å². The van der Waals surface area contributed by atoms with E-state index in [9.17, 15) is 9.59 Å². The van der Waals surface area contributed by atoms with E-state index in [1.807, 2.05) is 0 Å². The largest absolute Gasteiger partial charge is 0.468 e. The predicted molar refractivity (Wildman–Crippen MR) is 52.2 cm³/mol. The van der Waals surface area contributed by atoms with E-state index >= 15 is 0 Å². The second kappa shape index (κ2) is 5.19. The normalized spacial score (nSPS) is 11.9. The van der Waals surface area contributed by atoms with E-state index < -0.39 is 11.9 Å². The second-order valence-corrected chi connectivity index (χ2v) is 2.94. The lowest BCUT2D eigenvalue weighted by molar-refractivity contribution is -0.143. The Hall–Kier alpha value is -1.78. The molecule has 0 aliphatic heterocycles. The summed E-state index contributed by atoms with van der Waals surface area (Å²) in [5, 5.41) is 0. The molecule has 0 fully saturated rings. The van der Waals surface area contributed by atoms with Crippen LogP contribution in [-0.4, -0.2) is 28.8 Å². The van der Waals surface area contributed by atoms with Gasteiger partial charge in [-0.1, -0.05) is 6.92 Å². The zero-order valence-corrected chi connectivity index (χ0v) is 8.64. The Bertz CT molecular complexity index is 351. The number of ketones is 1. The molecule has 0 saturated heterocycles. The molecule has 1 rings (SSSR count). The van der Waals surface area contributed by atoms with Crippen molar-refractivity contribution in [1.82, 2.24) is 9.97 Å². The Kier molecular flexibility index (Phi) is 3.91. The van der Waals surface area contributed by atoms with Gasteiger partial charge < -0.3 is 4.74 Å². The van der Waals surface area contributed by atoms with Crippen LogP contribution in [0.3, 0.4) is 0 Å². The maximum absolute atomic E-state index is 11.8. The molecule has 5 nitrogen and oxygen atoms in total. The van der Waals surface area contributed by atoms with Crippen LogP contribution < -0.4 is 0 Å². The van der Waals surface area contributed by atoms with Crippen LogP contribution >= 0.6 is 0 Å². The third kappa shape index (κ3) is 2.59. The number of nitrogens with zero attached hydrogens (tertiary/aromatic N) is 2. The van der Waals surface area contributed by atoms with Crippen molar-refractivity contribution in [3.8, 4) is 0 Å². The van der Waals surface area contributed by atoms with Gasteiger partial charge in [0.05, 0.1) is 13.3 Å². The standard InChI is InChI=1S/C10H12N2O3/c1-3-7(10(14)15-2)9(13)8-6-11-4-5-12-8/h4-7H,3H2,1-2H3. The Morgan fingerprint density at radius 1 is 1.47 bits per heavy atom. The van der Waals surface area contributed by atoms with E-state index in [0.717, 1.165) is 0 Å². The molecule has 0 saturated carbocycles. The number of Topliss-reactive ketones (excluding diaryl/α,β-unsaturated/α-hetero) is 1. The molecule has 1 aromatic rings. The molecule has 1 aromatic heterocycles. The van der Waals surface area contributed by atoms with Gasteiger partial charge >= 0.3 is 5.97 Å². The number of carbonyl (C=O) groups is 2. The van der Waals surface area contributed by atoms with Gasteiger partial charge in [-0.2, -0.15) is 0 Å². The summed E-state index contributed by atoms with van der Waals surface area (Å²) in [6.07, 6.45) is 4.61. The van der Waals surface area contributed by atoms with E-state index in [-0.39, 0.29) is 11.5 Å². The fraction of sp³-hybridized carbons (Fsp3) is 0.400. The lowest BCUT2D eigenvalue weighted by atomic mass is 9.99. The van der Waals surface area contributed by atoms with E-state index in [0.29, 0.717) is 6.42 Å². The average Bonchev–Trinajstić information content (AvgIpc) is 2.30. The molecule has 0 bridgehead atoms. The van der Waals surface area contributed by atoms with E-state index in [2.05, 4.69) is 14.7 Å². The molecule has 0 amide bonds. The molecule has 15 heavy (non-hydrogen) atoms. The quantitative estimate of drug-likeness (QED) is 0.417. The highest BCUT2D eigenvalue weighted by molar-refractivity contribution is 6.07. The maximum atomic E-state index is 11.8. The topological polar surface area (TPSA) is 69.2 Å². The summed E-state index contributed by atoms with van der Waals surface area (Å²) < 4.78 is 4.54. The molecule has 1 heterocycles. The van der Waals surface area contributed by atoms with Crippen molar-refractivity contribution in [1.29, 1.82) is 0 Å². The number of esters is 1. The Morgan fingerprint density at radius 2 is 2.20 bits per heavy atom. The Balaban J connectivity index is 2.87. The smallest absolute Gasteiger partial charge is 0.316 e. The summed E-state index contributed by atoms with van der Waals surface area (Å²) in [6, 6.07) is 0. The summed E-state index contributed by atoms with van der Waals surface area (Å²) in [5.41, 5.74) is 0.190. The van der Waals surface area contributed by atoms with Gasteiger partial charge in [0, 0.05) is 12.4 Å². The van der Waals surface area contributed by atoms with Gasteiger partial charge in [0.1, 0.15) is 11.6 Å². The molecule has 0 aliphatic rings. The molecule has 0 spiro atoms. The van der Waals surface area contributed by atoms with Gasteiger partial charge in [-0.05, 0) is 6.42 Å². The van der Waals surface area contributed by atoms with Crippen LogP contribution in [-0.2, 0) is 9.53 Å². The molecule has 1 atom stereocenters. The zero-order chi connectivity index (χ0) is 11.3. The molecule has 0 aliphatic carbocycles. The summed E-state index contributed by atoms with van der Waals surface area (Å²) in [6.45, 7) is 1.75. The Morgan fingerprint density at radius 3 is 2.67 bits per heavy atom. The molecular weight excluding hydrogens is 196 g/mol. The number of methoxy groups -OCH3 is 1. The highest BCUT2D eigenvalue weighted by atomic mass is 16.5. The first-order valence-electron chi connectivity index (χ1n) is 4.58. The second-order valence-electron chi connectivity index (χ2n) is 2.94. The first-order chi connectivity index (χ1) is 7.20. The summed E-state index contributed by atoms with van der Waals surface area (Å²) >= 11 is 0. The molecule has 80 valence electrons. The lowest BCUT2D eigenvalue weighted by Crippen LogP contribution is -2.25. The third-order valence-corrected chi connectivity index (χ3v) is 2.03. The third-order valence-electron chi connectivity index (χ3n) is 2.03. The Labute approximate surface area is 87.5 Å². The summed E-state index contributed by atoms with van der Waals surface area (Å²) in [7, 11) is 1.26. The highest BCUT2D eigenvalue weighted by Crippen LogP contribution is 2.11. The van der Waals surface area contributed by atoms with Gasteiger partial charge in [-0.25, -0.2) is 4.98 Å². The first-order valence-corrected chi connectivity index (χ1v) is 4.58. The van der Waals surface area contributed by atoms with Crippen molar-refractivity contribution in [2.75, 3.05) is 7.11 Å². The predicted octanol–water partition coefficient (Wildman–Crippen LogP) is 0.859. The van der Waals surface area contributed by atoms with E-state index in [1.54, 1.807) is 6.92 Å². The number of hydrogen-bond donors (Lipinski definition) is 0. The number of carbonyl (C=O) groups excluding carboxylic acids is 2. The summed E-state index contributed by atoms with van der Waals surface area (Å²) in [4.78, 5) is 30.7. The molecule has 0 N–H and O–H groups in total. The summed E-state index contributed by atoms with van der Waals surface area (Å²) in [5.74, 6) is -1.67. The van der Waals surface area contributed by atoms with Crippen LogP contribution in [0.1, 0.15) is 23.8 Å². The van der Waals surface area contributed by atoms with E-state index in [1.165, 1.54) is 25.7 Å². The van der Waals surface area contributed by atoms with Crippen LogP contribution in [0, 0.1) is 5.92 Å². The minimum Gasteiger partial charge on any atom is -0.468 e. The lowest BCUT2D eigenvalue weighted by Gasteiger charge is -2.09. The van der Waals surface area contributed by atoms with E-state index in [4.69, 9.17) is 0 Å². The SMILES string of the molecule is CCC(C(=O)OC)C(=O)c1cnccn1. The van der Waals surface area contributed by atoms with Crippen molar-refractivity contribution >= 4 is 11.8 Å². The maximum Gasteiger partial charge on any atom is 0.316 e. The molecule has 5 heteroatoms. The minimum atomic E-state index is -0.785. The molecule has 0 aromatic carbocycles. The number of ether oxygens (including phenoxy) is 1. The van der Waals surface area contributed by atoms with Crippen LogP contribution in [0.2, 0.25) is 0 Å². The highest BCUT2D eigenvalue weighted by Gasteiger charge is 2.27. The van der Waals surface area contributed by atoms with Crippen molar-refractivity contribution in [2.24, 2.45) is 5.92 Å². The van der Waals surface area contributed by atoms with Crippen molar-refractivity contribution in [3.05, 3.63) is 24.3 Å². The van der Waals surface area contributed by atoms with Crippen LogP contribution in [0.5, 0.6) is 0 Å². The van der Waals surface area contributed by atoms with Crippen LogP contribution in [0.4, 0.5) is 0 Å². The molecule has 1 unspecified atom stereocenters. The van der Waals surface area contributed by atoms with Crippen molar-refractivity contribution in [2.45, 2.75) is 13.3 Å². The average molecular weight is 208 g/mol. The molecule has 0 radical (unpaired) electrons. The fourth-order valence-electron chi connectivity index (χ4n) is 1.21. The number of rotatable bonds is 4. The zero-order valence-electron chi connectivity index (χ0n) is 8.64.